The van der Waals surface area contributed by atoms with Gasteiger partial charge in [0.25, 0.3) is 0 Å². The Hall–Kier alpha value is -2.53. The molecule has 4 rings (SSSR count). The van der Waals surface area contributed by atoms with Gasteiger partial charge in [0.2, 0.25) is 5.91 Å². The van der Waals surface area contributed by atoms with Crippen LogP contribution in [-0.4, -0.2) is 60.0 Å². The van der Waals surface area contributed by atoms with Crippen molar-refractivity contribution in [3.8, 4) is 0 Å². The molecule has 4 atom stereocenters. The number of ether oxygens (including phenoxy) is 2. The molecule has 0 aliphatic carbocycles. The molecule has 2 aromatic rings. The molecule has 2 saturated heterocycles. The van der Waals surface area contributed by atoms with Crippen LogP contribution in [0.5, 0.6) is 0 Å². The van der Waals surface area contributed by atoms with Gasteiger partial charge >= 0.3 is 6.18 Å². The van der Waals surface area contributed by atoms with E-state index in [1.54, 1.807) is 18.2 Å². The van der Waals surface area contributed by atoms with Crippen molar-refractivity contribution in [2.75, 3.05) is 19.8 Å². The van der Waals surface area contributed by atoms with Crippen LogP contribution in [0.25, 0.3) is 0 Å². The monoisotopic (exact) mass is 510 g/mol. The van der Waals surface area contributed by atoms with E-state index in [1.165, 1.54) is 18.2 Å². The van der Waals surface area contributed by atoms with Crippen LogP contribution in [0, 0.1) is 5.82 Å². The molecule has 2 aliphatic rings. The van der Waals surface area contributed by atoms with Gasteiger partial charge in [0.05, 0.1) is 43.5 Å². The average molecular weight is 511 g/mol. The summed E-state index contributed by atoms with van der Waals surface area (Å²) in [7, 11) is 0. The molecule has 0 radical (unpaired) electrons. The molecular formula is C26H30F4N2O4. The van der Waals surface area contributed by atoms with Gasteiger partial charge in [0.1, 0.15) is 5.82 Å². The minimum Gasteiger partial charge on any atom is -0.389 e. The van der Waals surface area contributed by atoms with Crippen molar-refractivity contribution in [3.63, 3.8) is 0 Å². The summed E-state index contributed by atoms with van der Waals surface area (Å²) < 4.78 is 64.4. The third-order valence-corrected chi connectivity index (χ3v) is 6.54. The predicted molar refractivity (Wildman–Crippen MR) is 123 cm³/mol. The molecule has 10 heteroatoms. The maximum Gasteiger partial charge on any atom is 0.416 e. The number of halogens is 4. The smallest absolute Gasteiger partial charge is 0.389 e. The number of carbonyl (C=O) groups excluding carboxylic acids is 1. The lowest BCUT2D eigenvalue weighted by molar-refractivity contribution is -0.158. The molecular weight excluding hydrogens is 480 g/mol. The van der Waals surface area contributed by atoms with Gasteiger partial charge in [0, 0.05) is 25.7 Å². The van der Waals surface area contributed by atoms with Crippen LogP contribution >= 0.6 is 0 Å². The first-order chi connectivity index (χ1) is 17.2. The first-order valence-corrected chi connectivity index (χ1v) is 12.0. The molecule has 0 spiro atoms. The number of amides is 1. The lowest BCUT2D eigenvalue weighted by atomic mass is 9.94. The van der Waals surface area contributed by atoms with E-state index in [0.717, 1.165) is 17.7 Å². The van der Waals surface area contributed by atoms with E-state index in [4.69, 9.17) is 9.47 Å². The van der Waals surface area contributed by atoms with E-state index in [-0.39, 0.29) is 69.2 Å². The first-order valence-electron chi connectivity index (χ1n) is 12.0. The molecule has 0 saturated carbocycles. The van der Waals surface area contributed by atoms with Crippen molar-refractivity contribution in [3.05, 3.63) is 71.0 Å². The fourth-order valence-electron chi connectivity index (χ4n) is 4.79. The second-order valence-electron chi connectivity index (χ2n) is 9.37. The minimum absolute atomic E-state index is 0.0918. The highest BCUT2D eigenvalue weighted by Crippen LogP contribution is 2.32. The fourth-order valence-corrected chi connectivity index (χ4v) is 4.79. The van der Waals surface area contributed by atoms with Crippen molar-refractivity contribution in [2.45, 2.75) is 62.9 Å². The highest BCUT2D eigenvalue weighted by molar-refractivity contribution is 5.76. The summed E-state index contributed by atoms with van der Waals surface area (Å²) in [6, 6.07) is 10.9. The Balaban J connectivity index is 1.37. The molecule has 2 N–H and O–H groups in total. The number of rotatable bonds is 6. The number of β-amino-alcohol motifs (C(OH)–C–C–N with tert-alkyl or cyclic N) is 1. The molecule has 2 fully saturated rings. The predicted octanol–water partition coefficient (Wildman–Crippen LogP) is 3.66. The number of fused-ring (bicyclic) bond motifs is 1. The van der Waals surface area contributed by atoms with Crippen molar-refractivity contribution >= 4 is 5.91 Å². The van der Waals surface area contributed by atoms with E-state index >= 15 is 0 Å². The summed E-state index contributed by atoms with van der Waals surface area (Å²) >= 11 is 0. The van der Waals surface area contributed by atoms with Crippen LogP contribution in [0.1, 0.15) is 36.0 Å². The second-order valence-corrected chi connectivity index (χ2v) is 9.37. The summed E-state index contributed by atoms with van der Waals surface area (Å²) in [5.41, 5.74) is 0.574. The Kier molecular flexibility index (Phi) is 8.61. The molecule has 6 nitrogen and oxygen atoms in total. The van der Waals surface area contributed by atoms with Gasteiger partial charge in [-0.3, -0.25) is 9.69 Å². The van der Waals surface area contributed by atoms with Gasteiger partial charge in [-0.2, -0.15) is 13.2 Å². The largest absolute Gasteiger partial charge is 0.416 e. The highest BCUT2D eigenvalue weighted by atomic mass is 19.4. The normalized spacial score (nSPS) is 25.5. The number of nitrogens with one attached hydrogen (secondary N) is 1. The third kappa shape index (κ3) is 7.25. The minimum atomic E-state index is -4.43. The number of carbonyl (C=O) groups is 1. The Morgan fingerprint density at radius 3 is 2.61 bits per heavy atom. The van der Waals surface area contributed by atoms with Gasteiger partial charge < -0.3 is 19.9 Å². The highest BCUT2D eigenvalue weighted by Gasteiger charge is 2.38. The number of alkyl halides is 3. The van der Waals surface area contributed by atoms with Crippen LogP contribution in [-0.2, 0) is 33.5 Å². The summed E-state index contributed by atoms with van der Waals surface area (Å²) in [6.45, 7) is 1.06. The van der Waals surface area contributed by atoms with Gasteiger partial charge in [-0.1, -0.05) is 30.3 Å². The average Bonchev–Trinajstić information content (AvgIpc) is 2.82. The van der Waals surface area contributed by atoms with E-state index in [2.05, 4.69) is 5.32 Å². The molecule has 36 heavy (non-hydrogen) atoms. The summed E-state index contributed by atoms with van der Waals surface area (Å²) in [5, 5.41) is 13.1. The number of aliphatic hydroxyl groups is 1. The molecule has 2 aromatic carbocycles. The fraction of sp³-hybridized carbons (Fsp3) is 0.500. The topological polar surface area (TPSA) is 71.0 Å². The van der Waals surface area contributed by atoms with E-state index in [0.29, 0.717) is 18.4 Å². The number of benzene rings is 2. The Labute approximate surface area is 207 Å². The van der Waals surface area contributed by atoms with Gasteiger partial charge in [-0.25, -0.2) is 4.39 Å². The lowest BCUT2D eigenvalue weighted by Crippen LogP contribution is -2.55. The van der Waals surface area contributed by atoms with Crippen LogP contribution < -0.4 is 5.32 Å². The molecule has 0 bridgehead atoms. The number of nitrogens with zero attached hydrogens (tertiary/aromatic N) is 1. The number of hydrogen-bond acceptors (Lipinski definition) is 5. The Morgan fingerprint density at radius 1 is 1.08 bits per heavy atom. The summed E-state index contributed by atoms with van der Waals surface area (Å²) in [5.74, 6) is -0.531. The SMILES string of the molecule is O=C(C[C@H]1CC[C@H]2[C@@H](COC[C@@H](O)CN2Cc2cccc(C(F)(F)F)c2)O1)NCc1ccc(F)cc1. The number of hydrogen-bond donors (Lipinski definition) is 2. The molecule has 1 amide bonds. The zero-order chi connectivity index (χ0) is 25.7. The molecule has 0 aromatic heterocycles. The molecule has 196 valence electrons. The lowest BCUT2D eigenvalue weighted by Gasteiger charge is -2.44. The summed E-state index contributed by atoms with van der Waals surface area (Å²) in [6.07, 6.45) is -4.53. The van der Waals surface area contributed by atoms with Gasteiger partial charge in [-0.15, -0.1) is 0 Å². The molecule has 0 unspecified atom stereocenters. The van der Waals surface area contributed by atoms with Crippen LogP contribution in [0.2, 0.25) is 0 Å². The Bertz CT molecular complexity index is 1020. The molecule has 2 aliphatic heterocycles. The van der Waals surface area contributed by atoms with Crippen LogP contribution in [0.3, 0.4) is 0 Å². The second kappa shape index (κ2) is 11.7. The van der Waals surface area contributed by atoms with E-state index in [1.807, 2.05) is 4.90 Å². The van der Waals surface area contributed by atoms with E-state index in [9.17, 15) is 27.5 Å². The Morgan fingerprint density at radius 2 is 1.86 bits per heavy atom. The van der Waals surface area contributed by atoms with E-state index < -0.39 is 17.8 Å². The first kappa shape index (κ1) is 26.5. The number of aliphatic hydroxyl groups excluding tert-OH is 1. The maximum absolute atomic E-state index is 13.2. The summed E-state index contributed by atoms with van der Waals surface area (Å²) in [4.78, 5) is 14.4. The quantitative estimate of drug-likeness (QED) is 0.581. The van der Waals surface area contributed by atoms with Crippen molar-refractivity contribution in [2.24, 2.45) is 0 Å². The zero-order valence-corrected chi connectivity index (χ0v) is 19.7. The zero-order valence-electron chi connectivity index (χ0n) is 19.7. The van der Waals surface area contributed by atoms with Gasteiger partial charge in [-0.05, 0) is 42.2 Å². The van der Waals surface area contributed by atoms with Crippen molar-refractivity contribution < 1.29 is 36.9 Å². The molecule has 2 heterocycles. The standard InChI is InChI=1S/C26H30F4N2O4/c27-20-6-4-17(5-7-20)12-31-25(34)11-22-8-9-23-24(36-22)16-35-15-21(33)14-32(23)13-18-2-1-3-19(10-18)26(28,29)30/h1-7,10,21-24,33H,8-9,11-16H2,(H,31,34)/t21-,22+,23-,24+/m0/s1. The van der Waals surface area contributed by atoms with Crippen LogP contribution in [0.4, 0.5) is 17.6 Å². The van der Waals surface area contributed by atoms with Gasteiger partial charge in [0.15, 0.2) is 0 Å². The maximum atomic E-state index is 13.2. The third-order valence-electron chi connectivity index (χ3n) is 6.54. The van der Waals surface area contributed by atoms with Crippen molar-refractivity contribution in [1.29, 1.82) is 0 Å². The van der Waals surface area contributed by atoms with Crippen molar-refractivity contribution in [1.82, 2.24) is 10.2 Å². The van der Waals surface area contributed by atoms with Crippen LogP contribution in [0.15, 0.2) is 48.5 Å².